The van der Waals surface area contributed by atoms with E-state index in [4.69, 9.17) is 13.6 Å². The molecule has 1 aliphatic heterocycles. The summed E-state index contributed by atoms with van der Waals surface area (Å²) in [6.45, 7) is 24.7. The third-order valence-corrected chi connectivity index (χ3v) is 23.0. The maximum atomic E-state index is 14.9. The predicted molar refractivity (Wildman–Crippen MR) is 252 cm³/mol. The second kappa shape index (κ2) is 21.8. The molecular formula is C51H71NO5Si2. The summed E-state index contributed by atoms with van der Waals surface area (Å²) >= 11 is 0. The maximum Gasteiger partial charge on any atom is 0.342 e. The van der Waals surface area contributed by atoms with Gasteiger partial charge in [-0.05, 0) is 68.8 Å². The summed E-state index contributed by atoms with van der Waals surface area (Å²) in [6, 6.07) is 27.4. The molecule has 1 heterocycles. The van der Waals surface area contributed by atoms with Crippen LogP contribution < -0.4 is 20.1 Å². The van der Waals surface area contributed by atoms with Crippen molar-refractivity contribution < 1.29 is 23.2 Å². The summed E-state index contributed by atoms with van der Waals surface area (Å²) < 4.78 is 21.8. The molecule has 0 aliphatic carbocycles. The normalized spacial score (nSPS) is 19.2. The van der Waals surface area contributed by atoms with Gasteiger partial charge < -0.3 is 18.9 Å². The molecule has 0 fully saturated rings. The summed E-state index contributed by atoms with van der Waals surface area (Å²) in [5, 5.41) is 5.02. The van der Waals surface area contributed by atoms with E-state index in [0.717, 1.165) is 18.4 Å². The summed E-state index contributed by atoms with van der Waals surface area (Å²) in [5.41, 5.74) is 2.37. The number of nitrogens with one attached hydrogen (secondary N) is 1. The molecule has 0 saturated heterocycles. The topological polar surface area (TPSA) is 73.9 Å². The molecule has 1 amide bonds. The molecule has 318 valence electrons. The Morgan fingerprint density at radius 3 is 2.02 bits per heavy atom. The second-order valence-electron chi connectivity index (χ2n) is 18.0. The van der Waals surface area contributed by atoms with Crippen LogP contribution in [0.1, 0.15) is 118 Å². The van der Waals surface area contributed by atoms with Crippen LogP contribution in [-0.4, -0.2) is 40.7 Å². The standard InChI is InChI=1S/C51H71NO5Si2/c1-12-13-14-21-35-48(53)52-36-25-29-43-37-47(57-59(51(9,10)11,44-30-17-15-18-31-44)45-32-19-16-20-33-45)41(8)26-22-23-27-42-28-24-34-46(49(42)50(54)55-43)56-58(38(2)3,39(4)5)40(6)7/h13-25,28,30-36,38-41,43,47H,12,26-27,29,37H2,1-11H3,(H,52,53)/b14-13-,23-22+,35-21-,36-25-/t41-,43-,47?/m1/s1. The minimum atomic E-state index is -2.98. The highest BCUT2D eigenvalue weighted by Crippen LogP contribution is 2.44. The van der Waals surface area contributed by atoms with Gasteiger partial charge in [0.1, 0.15) is 17.4 Å². The minimum Gasteiger partial charge on any atom is -0.542 e. The van der Waals surface area contributed by atoms with Gasteiger partial charge in [-0.15, -0.1) is 0 Å². The number of hydrogen-bond acceptors (Lipinski definition) is 5. The molecule has 3 aromatic carbocycles. The Hall–Kier alpha value is -4.25. The fourth-order valence-electron chi connectivity index (χ4n) is 9.02. The van der Waals surface area contributed by atoms with E-state index in [9.17, 15) is 9.59 Å². The van der Waals surface area contributed by atoms with E-state index in [1.54, 1.807) is 12.3 Å². The van der Waals surface area contributed by atoms with Crippen molar-refractivity contribution in [2.75, 3.05) is 0 Å². The Kier molecular flexibility index (Phi) is 17.6. The van der Waals surface area contributed by atoms with Crippen molar-refractivity contribution in [3.05, 3.63) is 139 Å². The van der Waals surface area contributed by atoms with E-state index in [1.807, 2.05) is 36.4 Å². The van der Waals surface area contributed by atoms with Crippen molar-refractivity contribution in [3.8, 4) is 5.75 Å². The van der Waals surface area contributed by atoms with E-state index in [1.165, 1.54) is 16.4 Å². The third kappa shape index (κ3) is 11.7. The zero-order valence-corrected chi connectivity index (χ0v) is 39.7. The van der Waals surface area contributed by atoms with Crippen molar-refractivity contribution in [3.63, 3.8) is 0 Å². The fourth-order valence-corrected chi connectivity index (χ4v) is 19.1. The number of benzene rings is 3. The lowest BCUT2D eigenvalue weighted by molar-refractivity contribution is -0.115. The molecule has 1 unspecified atom stereocenters. The summed E-state index contributed by atoms with van der Waals surface area (Å²) in [7, 11) is -5.41. The lowest BCUT2D eigenvalue weighted by Crippen LogP contribution is -2.68. The van der Waals surface area contributed by atoms with Crippen LogP contribution in [-0.2, 0) is 20.4 Å². The molecule has 0 aromatic heterocycles. The highest BCUT2D eigenvalue weighted by molar-refractivity contribution is 6.99. The number of carbonyl (C=O) groups is 2. The van der Waals surface area contributed by atoms with Crippen LogP contribution in [0.25, 0.3) is 0 Å². The predicted octanol–water partition coefficient (Wildman–Crippen LogP) is 11.8. The van der Waals surface area contributed by atoms with Gasteiger partial charge in [0.25, 0.3) is 16.6 Å². The first-order valence-electron chi connectivity index (χ1n) is 21.8. The van der Waals surface area contributed by atoms with Gasteiger partial charge >= 0.3 is 5.97 Å². The zero-order chi connectivity index (χ0) is 43.2. The Morgan fingerprint density at radius 1 is 0.847 bits per heavy atom. The Morgan fingerprint density at radius 2 is 1.46 bits per heavy atom. The molecule has 1 aliphatic rings. The second-order valence-corrected chi connectivity index (χ2v) is 27.7. The first kappa shape index (κ1) is 47.4. The number of cyclic esters (lactones) is 1. The van der Waals surface area contributed by atoms with Crippen LogP contribution >= 0.6 is 0 Å². The Labute approximate surface area is 358 Å². The van der Waals surface area contributed by atoms with Crippen molar-refractivity contribution >= 4 is 38.9 Å². The molecule has 0 saturated carbocycles. The number of ether oxygens (including phenoxy) is 1. The molecule has 4 rings (SSSR count). The lowest BCUT2D eigenvalue weighted by Gasteiger charge is -2.46. The number of esters is 1. The van der Waals surface area contributed by atoms with Crippen molar-refractivity contribution in [1.29, 1.82) is 0 Å². The van der Waals surface area contributed by atoms with Crippen LogP contribution in [0, 0.1) is 5.92 Å². The molecule has 0 bridgehead atoms. The largest absolute Gasteiger partial charge is 0.542 e. The van der Waals surface area contributed by atoms with E-state index < -0.39 is 28.7 Å². The van der Waals surface area contributed by atoms with Gasteiger partial charge in [0.15, 0.2) is 0 Å². The summed E-state index contributed by atoms with van der Waals surface area (Å²) in [5.74, 6) is 0.0885. The first-order valence-corrected chi connectivity index (χ1v) is 25.9. The van der Waals surface area contributed by atoms with E-state index >= 15 is 0 Å². The molecule has 3 atom stereocenters. The molecule has 0 spiro atoms. The van der Waals surface area contributed by atoms with Crippen LogP contribution in [0.2, 0.25) is 21.7 Å². The zero-order valence-electron chi connectivity index (χ0n) is 37.7. The lowest BCUT2D eigenvalue weighted by atomic mass is 9.93. The molecule has 8 heteroatoms. The van der Waals surface area contributed by atoms with Gasteiger partial charge in [-0.3, -0.25) is 4.79 Å². The summed E-state index contributed by atoms with van der Waals surface area (Å²) in [4.78, 5) is 27.5. The molecular weight excluding hydrogens is 763 g/mol. The van der Waals surface area contributed by atoms with Gasteiger partial charge in [0.2, 0.25) is 5.91 Å². The van der Waals surface area contributed by atoms with Gasteiger partial charge in [0.05, 0.1) is 6.10 Å². The van der Waals surface area contributed by atoms with E-state index in [-0.39, 0.29) is 23.0 Å². The number of rotatable bonds is 15. The average Bonchev–Trinajstić information content (AvgIpc) is 3.19. The Balaban J connectivity index is 1.84. The fraction of sp³-hybridized carbons (Fsp3) is 0.451. The van der Waals surface area contributed by atoms with Crippen LogP contribution in [0.3, 0.4) is 0 Å². The summed E-state index contributed by atoms with van der Waals surface area (Å²) in [6.07, 6.45) is 17.4. The van der Waals surface area contributed by atoms with Crippen molar-refractivity contribution in [1.82, 2.24) is 5.32 Å². The van der Waals surface area contributed by atoms with Crippen molar-refractivity contribution in [2.45, 2.75) is 142 Å². The maximum absolute atomic E-state index is 14.9. The van der Waals surface area contributed by atoms with Gasteiger partial charge in [-0.2, -0.15) is 0 Å². The van der Waals surface area contributed by atoms with Crippen molar-refractivity contribution in [2.24, 2.45) is 5.92 Å². The molecule has 1 N–H and O–H groups in total. The minimum absolute atomic E-state index is 0.0994. The average molecular weight is 834 g/mol. The molecule has 3 aromatic rings. The first-order chi connectivity index (χ1) is 28.1. The highest BCUT2D eigenvalue weighted by Gasteiger charge is 2.52. The number of amides is 1. The molecule has 6 nitrogen and oxygen atoms in total. The molecule has 59 heavy (non-hydrogen) atoms. The number of hydrogen-bond donors (Lipinski definition) is 1. The van der Waals surface area contributed by atoms with Crippen LogP contribution in [0.5, 0.6) is 5.75 Å². The number of carbonyl (C=O) groups excluding carboxylic acids is 2. The molecule has 0 radical (unpaired) electrons. The van der Waals surface area contributed by atoms with Crippen LogP contribution in [0.4, 0.5) is 0 Å². The SMILES string of the molecule is CC/C=C\C=C/C(=O)N/C=C\C[C@@H]1CC(O[Si](c2ccccc2)(c2ccccc2)C(C)(C)C)[C@H](C)C/C=C/Cc2cccc(O[Si](C(C)C)(C(C)C)C(C)C)c2C(=O)O1. The van der Waals surface area contributed by atoms with Gasteiger partial charge in [0, 0.05) is 25.1 Å². The van der Waals surface area contributed by atoms with Gasteiger partial charge in [-0.1, -0.05) is 185 Å². The smallest absolute Gasteiger partial charge is 0.342 e. The number of fused-ring (bicyclic) bond motifs is 1. The van der Waals surface area contributed by atoms with E-state index in [2.05, 4.69) is 154 Å². The van der Waals surface area contributed by atoms with Crippen LogP contribution in [0.15, 0.2) is 128 Å². The van der Waals surface area contributed by atoms with E-state index in [0.29, 0.717) is 47.2 Å². The quantitative estimate of drug-likeness (QED) is 0.0543. The highest BCUT2D eigenvalue weighted by atomic mass is 28.4. The number of allylic oxidation sites excluding steroid dienone is 5. The third-order valence-electron chi connectivity index (χ3n) is 11.9. The monoisotopic (exact) mass is 833 g/mol. The Bertz CT molecular complexity index is 1850. The van der Waals surface area contributed by atoms with Gasteiger partial charge in [-0.25, -0.2) is 4.79 Å².